The molecule has 2 saturated heterocycles. The third kappa shape index (κ3) is 5.82. The Balaban J connectivity index is 1.38. The molecule has 10 heteroatoms. The van der Waals surface area contributed by atoms with Crippen molar-refractivity contribution in [2.45, 2.75) is 25.9 Å². The smallest absolute Gasteiger partial charge is 0.233 e. The maximum atomic E-state index is 14.2. The number of carbonyl (C=O) groups excluding carboxylic acids is 2. The van der Waals surface area contributed by atoms with Gasteiger partial charge in [0.05, 0.1) is 18.2 Å². The highest BCUT2D eigenvalue weighted by Gasteiger charge is 2.34. The third-order valence-electron chi connectivity index (χ3n) is 7.11. The van der Waals surface area contributed by atoms with Crippen molar-refractivity contribution in [2.24, 2.45) is 5.92 Å². The molecule has 8 nitrogen and oxygen atoms in total. The number of anilines is 1. The van der Waals surface area contributed by atoms with Crippen molar-refractivity contribution in [1.82, 2.24) is 19.7 Å². The van der Waals surface area contributed by atoms with Gasteiger partial charge in [-0.2, -0.15) is 0 Å². The second-order valence-electron chi connectivity index (χ2n) is 9.57. The molecular formula is C26H33F2N5O3. The van der Waals surface area contributed by atoms with E-state index in [1.54, 1.807) is 6.92 Å². The summed E-state index contributed by atoms with van der Waals surface area (Å²) in [6.45, 7) is 8.41. The molecule has 1 aromatic heterocycles. The number of halogens is 2. The number of hydrogen-bond acceptors (Lipinski definition) is 7. The number of likely N-dealkylation sites (N-methyl/N-ethyl adjacent to an activating group) is 1. The molecule has 1 aromatic carbocycles. The Labute approximate surface area is 210 Å². The van der Waals surface area contributed by atoms with E-state index in [2.05, 4.69) is 21.7 Å². The van der Waals surface area contributed by atoms with Gasteiger partial charge in [-0.05, 0) is 32.5 Å². The highest BCUT2D eigenvalue weighted by Crippen LogP contribution is 2.25. The van der Waals surface area contributed by atoms with Gasteiger partial charge in [-0.1, -0.05) is 6.07 Å². The Hall–Kier alpha value is -3.11. The summed E-state index contributed by atoms with van der Waals surface area (Å²) in [5.41, 5.74) is 0.277. The standard InChI is InChI=1S/C26H33F2N5O3/c1-3-31(26(36)18(17-34)11-22-23(27)12-21(35)13-24(22)28)14-19-5-4-6-25(29-19)33-15-20(16-33)32-9-7-30(2)8-10-32/h4-6,12-13,17-18,20,35H,3,7-11,14-16H2,1-2H3. The number of benzene rings is 1. The molecule has 0 aliphatic carbocycles. The summed E-state index contributed by atoms with van der Waals surface area (Å²) in [5, 5.41) is 9.34. The van der Waals surface area contributed by atoms with Gasteiger partial charge in [0, 0.05) is 69.6 Å². The van der Waals surface area contributed by atoms with Gasteiger partial charge in [-0.25, -0.2) is 13.8 Å². The minimum atomic E-state index is -1.25. The lowest BCUT2D eigenvalue weighted by atomic mass is 9.98. The summed E-state index contributed by atoms with van der Waals surface area (Å²) in [4.78, 5) is 38.1. The summed E-state index contributed by atoms with van der Waals surface area (Å²) < 4.78 is 28.3. The zero-order valence-corrected chi connectivity index (χ0v) is 20.7. The Morgan fingerprint density at radius 1 is 1.19 bits per heavy atom. The fourth-order valence-corrected chi connectivity index (χ4v) is 4.77. The molecule has 0 saturated carbocycles. The zero-order chi connectivity index (χ0) is 25.8. The van der Waals surface area contributed by atoms with E-state index in [4.69, 9.17) is 4.98 Å². The van der Waals surface area contributed by atoms with Crippen LogP contribution in [0.5, 0.6) is 5.75 Å². The molecule has 1 N–H and O–H groups in total. The van der Waals surface area contributed by atoms with Gasteiger partial charge < -0.3 is 24.6 Å². The van der Waals surface area contributed by atoms with Gasteiger partial charge in [-0.15, -0.1) is 0 Å². The van der Waals surface area contributed by atoms with Crippen LogP contribution >= 0.6 is 0 Å². The highest BCUT2D eigenvalue weighted by atomic mass is 19.1. The second kappa shape index (κ2) is 11.3. The van der Waals surface area contributed by atoms with Crippen molar-refractivity contribution in [2.75, 3.05) is 57.8 Å². The fraction of sp³-hybridized carbons (Fsp3) is 0.500. The predicted octanol–water partition coefficient (Wildman–Crippen LogP) is 1.91. The Bertz CT molecular complexity index is 1060. The Morgan fingerprint density at radius 3 is 2.47 bits per heavy atom. The number of nitrogens with zero attached hydrogens (tertiary/aromatic N) is 5. The van der Waals surface area contributed by atoms with E-state index in [9.17, 15) is 23.5 Å². The maximum Gasteiger partial charge on any atom is 0.233 e. The minimum Gasteiger partial charge on any atom is -0.508 e. The summed E-state index contributed by atoms with van der Waals surface area (Å²) in [7, 11) is 2.14. The molecule has 194 valence electrons. The molecular weight excluding hydrogens is 468 g/mol. The van der Waals surface area contributed by atoms with Crippen LogP contribution in [0.4, 0.5) is 14.6 Å². The zero-order valence-electron chi connectivity index (χ0n) is 20.7. The average Bonchev–Trinajstić information content (AvgIpc) is 2.82. The number of aromatic hydroxyl groups is 1. The van der Waals surface area contributed by atoms with Crippen molar-refractivity contribution in [3.63, 3.8) is 0 Å². The van der Waals surface area contributed by atoms with Crippen molar-refractivity contribution >= 4 is 18.0 Å². The molecule has 4 rings (SSSR count). The van der Waals surface area contributed by atoms with E-state index in [1.165, 1.54) is 4.90 Å². The van der Waals surface area contributed by atoms with Crippen LogP contribution in [0.2, 0.25) is 0 Å². The second-order valence-corrected chi connectivity index (χ2v) is 9.57. The topological polar surface area (TPSA) is 80.2 Å². The van der Waals surface area contributed by atoms with E-state index in [0.29, 0.717) is 24.6 Å². The summed E-state index contributed by atoms with van der Waals surface area (Å²) in [6.07, 6.45) is -0.00908. The number of amides is 1. The lowest BCUT2D eigenvalue weighted by molar-refractivity contribution is -0.138. The van der Waals surface area contributed by atoms with Crippen LogP contribution in [0.25, 0.3) is 0 Å². The van der Waals surface area contributed by atoms with Crippen molar-refractivity contribution in [1.29, 1.82) is 0 Å². The molecule has 3 heterocycles. The van der Waals surface area contributed by atoms with Crippen LogP contribution < -0.4 is 4.90 Å². The SMILES string of the molecule is CCN(Cc1cccc(N2CC(N3CCN(C)CC3)C2)n1)C(=O)C(C=O)Cc1c(F)cc(O)cc1F. The summed E-state index contributed by atoms with van der Waals surface area (Å²) in [6, 6.07) is 7.73. The largest absolute Gasteiger partial charge is 0.508 e. The van der Waals surface area contributed by atoms with E-state index in [-0.39, 0.29) is 6.54 Å². The van der Waals surface area contributed by atoms with Crippen LogP contribution in [0, 0.1) is 17.6 Å². The lowest BCUT2D eigenvalue weighted by Crippen LogP contribution is -2.63. The molecule has 0 bridgehead atoms. The number of piperazine rings is 1. The molecule has 2 aliphatic heterocycles. The van der Waals surface area contributed by atoms with Gasteiger partial charge >= 0.3 is 0 Å². The third-order valence-corrected chi connectivity index (χ3v) is 7.11. The van der Waals surface area contributed by atoms with Crippen LogP contribution in [0.15, 0.2) is 30.3 Å². The van der Waals surface area contributed by atoms with Crippen molar-refractivity contribution < 1.29 is 23.5 Å². The molecule has 2 aliphatic rings. The first-order chi connectivity index (χ1) is 17.3. The van der Waals surface area contributed by atoms with Crippen LogP contribution in [0.1, 0.15) is 18.2 Å². The number of pyridine rings is 1. The first-order valence-electron chi connectivity index (χ1n) is 12.3. The Morgan fingerprint density at radius 2 is 1.86 bits per heavy atom. The molecule has 2 fully saturated rings. The van der Waals surface area contributed by atoms with Gasteiger partial charge in [-0.3, -0.25) is 9.69 Å². The van der Waals surface area contributed by atoms with Gasteiger partial charge in [0.1, 0.15) is 29.5 Å². The van der Waals surface area contributed by atoms with Crippen LogP contribution in [-0.2, 0) is 22.6 Å². The molecule has 1 atom stereocenters. The van der Waals surface area contributed by atoms with Gasteiger partial charge in [0.15, 0.2) is 0 Å². The quantitative estimate of drug-likeness (QED) is 0.415. The molecule has 2 aromatic rings. The van der Waals surface area contributed by atoms with E-state index in [0.717, 1.165) is 57.2 Å². The molecule has 36 heavy (non-hydrogen) atoms. The van der Waals surface area contributed by atoms with Crippen molar-refractivity contribution in [3.05, 3.63) is 53.2 Å². The number of phenolic OH excluding ortho intramolecular Hbond substituents is 1. The number of hydrogen-bond donors (Lipinski definition) is 1. The monoisotopic (exact) mass is 501 g/mol. The van der Waals surface area contributed by atoms with Gasteiger partial charge in [0.2, 0.25) is 5.91 Å². The number of rotatable bonds is 9. The highest BCUT2D eigenvalue weighted by molar-refractivity contribution is 5.92. The van der Waals surface area contributed by atoms with Crippen LogP contribution in [0.3, 0.4) is 0 Å². The average molecular weight is 502 g/mol. The Kier molecular flexibility index (Phi) is 8.15. The summed E-state index contributed by atoms with van der Waals surface area (Å²) in [5.74, 6) is -3.46. The lowest BCUT2D eigenvalue weighted by Gasteiger charge is -2.48. The number of aldehydes is 1. The van der Waals surface area contributed by atoms with E-state index >= 15 is 0 Å². The normalized spacial score (nSPS) is 18.1. The maximum absolute atomic E-state index is 14.2. The van der Waals surface area contributed by atoms with Crippen molar-refractivity contribution in [3.8, 4) is 5.75 Å². The first-order valence-corrected chi connectivity index (χ1v) is 12.3. The molecule has 1 unspecified atom stereocenters. The molecule has 0 spiro atoms. The van der Waals surface area contributed by atoms with E-state index in [1.807, 2.05) is 18.2 Å². The summed E-state index contributed by atoms with van der Waals surface area (Å²) >= 11 is 0. The predicted molar refractivity (Wildman–Crippen MR) is 132 cm³/mol. The minimum absolute atomic E-state index is 0.184. The number of aromatic nitrogens is 1. The van der Waals surface area contributed by atoms with Gasteiger partial charge in [0.25, 0.3) is 0 Å². The molecule has 0 radical (unpaired) electrons. The van der Waals surface area contributed by atoms with E-state index < -0.39 is 41.2 Å². The fourth-order valence-electron chi connectivity index (χ4n) is 4.77. The first kappa shape index (κ1) is 26.0. The van der Waals surface area contributed by atoms with Crippen LogP contribution in [-0.4, -0.2) is 95.9 Å². The molecule has 1 amide bonds. The number of carbonyl (C=O) groups is 2. The number of phenols is 1.